The number of aliphatic hydroxyl groups excluding tert-OH is 1. The van der Waals surface area contributed by atoms with Gasteiger partial charge in [-0.15, -0.1) is 0 Å². The largest absolute Gasteiger partial charge is 0.489 e. The molecule has 1 saturated carbocycles. The van der Waals surface area contributed by atoms with Gasteiger partial charge in [0.05, 0.1) is 23.1 Å². The predicted molar refractivity (Wildman–Crippen MR) is 151 cm³/mol. The number of nitrogens with zero attached hydrogens (tertiary/aromatic N) is 2. The summed E-state index contributed by atoms with van der Waals surface area (Å²) in [5.74, 6) is 0.615. The minimum Gasteiger partial charge on any atom is -0.489 e. The lowest BCUT2D eigenvalue weighted by atomic mass is 9.91. The first kappa shape index (κ1) is 26.0. The summed E-state index contributed by atoms with van der Waals surface area (Å²) in [5.41, 5.74) is 4.91. The Morgan fingerprint density at radius 2 is 1.79 bits per heavy atom. The third kappa shape index (κ3) is 5.98. The second-order valence-electron chi connectivity index (χ2n) is 11.7. The second-order valence-corrected chi connectivity index (χ2v) is 12.1. The molecule has 1 amide bonds. The highest BCUT2D eigenvalue weighted by Gasteiger charge is 2.33. The molecule has 7 heteroatoms. The fourth-order valence-electron chi connectivity index (χ4n) is 6.29. The highest BCUT2D eigenvalue weighted by Crippen LogP contribution is 2.35. The zero-order chi connectivity index (χ0) is 26.1. The molecular formula is C31H40ClN3O3. The monoisotopic (exact) mass is 537 g/mol. The van der Waals surface area contributed by atoms with Crippen molar-refractivity contribution in [2.75, 3.05) is 37.6 Å². The van der Waals surface area contributed by atoms with E-state index in [-0.39, 0.29) is 17.9 Å². The van der Waals surface area contributed by atoms with Gasteiger partial charge in [-0.1, -0.05) is 23.7 Å². The molecule has 204 valence electrons. The smallest absolute Gasteiger partial charge is 0.225 e. The van der Waals surface area contributed by atoms with Gasteiger partial charge in [-0.3, -0.25) is 4.79 Å². The molecule has 4 aliphatic rings. The number of aliphatic hydroxyl groups is 1. The first-order chi connectivity index (χ1) is 18.5. The van der Waals surface area contributed by atoms with Crippen LogP contribution in [0, 0.1) is 5.92 Å². The normalized spacial score (nSPS) is 23.2. The van der Waals surface area contributed by atoms with E-state index >= 15 is 0 Å². The first-order valence-electron chi connectivity index (χ1n) is 14.6. The minimum atomic E-state index is -0.842. The van der Waals surface area contributed by atoms with E-state index in [1.807, 2.05) is 12.1 Å². The standard InChI is InChI=1S/C31H40ClN3O3/c32-27-18-23(8-12-29(27)38-26-10-11-26)30(36)28(20-34-14-3-4-15-34)33-31(37)24-13-16-35(19-24)25-9-7-21-5-1-2-6-22(21)17-25/h7-9,12,17-18,24,26,28,30,36H,1-6,10-11,13-16,19-20H2,(H,33,37)/t24-,28-,30-/m1/s1. The van der Waals surface area contributed by atoms with E-state index in [9.17, 15) is 9.90 Å². The number of rotatable bonds is 9. The van der Waals surface area contributed by atoms with Crippen molar-refractivity contribution in [2.24, 2.45) is 5.92 Å². The van der Waals surface area contributed by atoms with Crippen LogP contribution in [0.3, 0.4) is 0 Å². The van der Waals surface area contributed by atoms with Crippen LogP contribution >= 0.6 is 11.6 Å². The van der Waals surface area contributed by atoms with Crippen LogP contribution in [0.25, 0.3) is 0 Å². The molecule has 0 radical (unpaired) electrons. The van der Waals surface area contributed by atoms with Gasteiger partial charge in [0, 0.05) is 25.3 Å². The zero-order valence-electron chi connectivity index (χ0n) is 22.2. The number of aryl methyl sites for hydroxylation is 2. The van der Waals surface area contributed by atoms with Gasteiger partial charge in [0.1, 0.15) is 11.9 Å². The summed E-state index contributed by atoms with van der Waals surface area (Å²) in [7, 11) is 0. The van der Waals surface area contributed by atoms with Crippen LogP contribution in [0.15, 0.2) is 36.4 Å². The SMILES string of the molecule is O=C(N[C@H](CN1CCCC1)[C@H](O)c1ccc(OC2CC2)c(Cl)c1)[C@@H]1CCN(c2ccc3c(c2)CCCC3)C1. The average Bonchev–Trinajstić information content (AvgIpc) is 3.37. The molecule has 6 rings (SSSR count). The van der Waals surface area contributed by atoms with Gasteiger partial charge in [-0.05, 0) is 112 Å². The Kier molecular flexibility index (Phi) is 7.82. The van der Waals surface area contributed by atoms with Crippen molar-refractivity contribution < 1.29 is 14.6 Å². The number of halogens is 1. The predicted octanol–water partition coefficient (Wildman–Crippen LogP) is 4.90. The van der Waals surface area contributed by atoms with Gasteiger partial charge in [0.15, 0.2) is 0 Å². The lowest BCUT2D eigenvalue weighted by Crippen LogP contribution is -2.48. The first-order valence-corrected chi connectivity index (χ1v) is 14.9. The van der Waals surface area contributed by atoms with Gasteiger partial charge in [0.25, 0.3) is 0 Å². The quantitative estimate of drug-likeness (QED) is 0.476. The van der Waals surface area contributed by atoms with E-state index < -0.39 is 12.1 Å². The molecule has 0 spiro atoms. The molecule has 2 aliphatic heterocycles. The van der Waals surface area contributed by atoms with E-state index in [4.69, 9.17) is 16.3 Å². The van der Waals surface area contributed by atoms with Crippen molar-refractivity contribution in [1.29, 1.82) is 0 Å². The Hall–Kier alpha value is -2.28. The Morgan fingerprint density at radius 3 is 2.55 bits per heavy atom. The number of amides is 1. The summed E-state index contributed by atoms with van der Waals surface area (Å²) in [6, 6.07) is 12.0. The minimum absolute atomic E-state index is 0.0356. The number of hydrogen-bond donors (Lipinski definition) is 2. The van der Waals surface area contributed by atoms with Crippen LogP contribution in [0.2, 0.25) is 5.02 Å². The number of nitrogens with one attached hydrogen (secondary N) is 1. The summed E-state index contributed by atoms with van der Waals surface area (Å²) in [5, 5.41) is 15.2. The van der Waals surface area contributed by atoms with Crippen LogP contribution in [-0.2, 0) is 17.6 Å². The number of likely N-dealkylation sites (tertiary alicyclic amines) is 1. The number of fused-ring (bicyclic) bond motifs is 1. The molecule has 2 heterocycles. The number of benzene rings is 2. The Bertz CT molecular complexity index is 1150. The van der Waals surface area contributed by atoms with Crippen LogP contribution < -0.4 is 15.0 Å². The van der Waals surface area contributed by atoms with E-state index in [1.54, 1.807) is 6.07 Å². The van der Waals surface area contributed by atoms with Crippen molar-refractivity contribution in [3.63, 3.8) is 0 Å². The third-order valence-corrected chi connectivity index (χ3v) is 9.03. The highest BCUT2D eigenvalue weighted by molar-refractivity contribution is 6.32. The molecule has 2 aromatic carbocycles. The number of carbonyl (C=O) groups excluding carboxylic acids is 1. The molecule has 38 heavy (non-hydrogen) atoms. The van der Waals surface area contributed by atoms with Crippen molar-refractivity contribution in [2.45, 2.75) is 76.0 Å². The summed E-state index contributed by atoms with van der Waals surface area (Å²) >= 11 is 6.51. The molecule has 2 N–H and O–H groups in total. The van der Waals surface area contributed by atoms with Gasteiger partial charge < -0.3 is 25.0 Å². The third-order valence-electron chi connectivity index (χ3n) is 8.73. The number of anilines is 1. The Balaban J connectivity index is 1.12. The molecule has 2 saturated heterocycles. The topological polar surface area (TPSA) is 65.0 Å². The van der Waals surface area contributed by atoms with Crippen molar-refractivity contribution in [3.8, 4) is 5.75 Å². The fraction of sp³-hybridized carbons (Fsp3) is 0.581. The summed E-state index contributed by atoms with van der Waals surface area (Å²) in [6.07, 6.45) is 9.60. The maximum Gasteiger partial charge on any atom is 0.225 e. The fourth-order valence-corrected chi connectivity index (χ4v) is 6.52. The average molecular weight is 538 g/mol. The molecular weight excluding hydrogens is 498 g/mol. The van der Waals surface area contributed by atoms with Crippen LogP contribution in [-0.4, -0.2) is 60.8 Å². The number of hydrogen-bond acceptors (Lipinski definition) is 5. The van der Waals surface area contributed by atoms with Crippen LogP contribution in [0.5, 0.6) is 5.75 Å². The molecule has 0 unspecified atom stereocenters. The van der Waals surface area contributed by atoms with E-state index in [0.717, 1.165) is 64.7 Å². The highest BCUT2D eigenvalue weighted by atomic mass is 35.5. The van der Waals surface area contributed by atoms with Crippen molar-refractivity contribution in [1.82, 2.24) is 10.2 Å². The lowest BCUT2D eigenvalue weighted by Gasteiger charge is -2.30. The summed E-state index contributed by atoms with van der Waals surface area (Å²) in [4.78, 5) is 18.2. The lowest BCUT2D eigenvalue weighted by molar-refractivity contribution is -0.126. The second kappa shape index (κ2) is 11.4. The van der Waals surface area contributed by atoms with E-state index in [1.165, 1.54) is 36.1 Å². The maximum atomic E-state index is 13.5. The van der Waals surface area contributed by atoms with E-state index in [2.05, 4.69) is 33.3 Å². The zero-order valence-corrected chi connectivity index (χ0v) is 23.0. The summed E-state index contributed by atoms with van der Waals surface area (Å²) in [6.45, 7) is 4.24. The number of ether oxygens (including phenoxy) is 1. The van der Waals surface area contributed by atoms with Gasteiger partial charge >= 0.3 is 0 Å². The molecule has 2 aliphatic carbocycles. The summed E-state index contributed by atoms with van der Waals surface area (Å²) < 4.78 is 5.87. The van der Waals surface area contributed by atoms with Gasteiger partial charge in [0.2, 0.25) is 5.91 Å². The van der Waals surface area contributed by atoms with Crippen LogP contribution in [0.1, 0.15) is 67.7 Å². The maximum absolute atomic E-state index is 13.5. The van der Waals surface area contributed by atoms with Crippen molar-refractivity contribution in [3.05, 3.63) is 58.1 Å². The molecule has 3 atom stereocenters. The Morgan fingerprint density at radius 1 is 1.00 bits per heavy atom. The Labute approximate surface area is 231 Å². The molecule has 0 bridgehead atoms. The van der Waals surface area contributed by atoms with Gasteiger partial charge in [-0.2, -0.15) is 0 Å². The number of carbonyl (C=O) groups is 1. The van der Waals surface area contributed by atoms with Crippen molar-refractivity contribution >= 4 is 23.2 Å². The molecule has 2 aromatic rings. The van der Waals surface area contributed by atoms with Gasteiger partial charge in [-0.25, -0.2) is 0 Å². The molecule has 3 fully saturated rings. The molecule has 6 nitrogen and oxygen atoms in total. The molecule has 0 aromatic heterocycles. The van der Waals surface area contributed by atoms with Crippen LogP contribution in [0.4, 0.5) is 5.69 Å². The van der Waals surface area contributed by atoms with E-state index in [0.29, 0.717) is 22.9 Å².